The maximum absolute atomic E-state index is 11.8. The molecule has 6 rings (SSSR count). The lowest BCUT2D eigenvalue weighted by molar-refractivity contribution is -0.130. The Labute approximate surface area is 200 Å². The number of aryl methyl sites for hydroxylation is 1. The van der Waals surface area contributed by atoms with E-state index < -0.39 is 0 Å². The number of rotatable bonds is 6. The third-order valence-electron chi connectivity index (χ3n) is 6.21. The van der Waals surface area contributed by atoms with Gasteiger partial charge in [0.25, 0.3) is 0 Å². The molecule has 5 heterocycles. The van der Waals surface area contributed by atoms with Crippen LogP contribution in [-0.4, -0.2) is 53.1 Å². The lowest BCUT2D eigenvalue weighted by atomic mass is 9.92. The predicted octanol–water partition coefficient (Wildman–Crippen LogP) is 3.73. The number of pyridine rings is 1. The minimum atomic E-state index is -0.0430. The standard InChI is InChI=1S/C25H22N8O2/c1-3-23(34)31-12-17(13-31)20-7-9-33-24(20)25(27-15-29-33)30-18-4-5-21(16(2)10-18)35-19-6-8-32-22(11-19)26-14-28-32/h3-11,14-15,17H,1,12-13H2,2H3,(H,27,29,30). The molecule has 35 heavy (non-hydrogen) atoms. The van der Waals surface area contributed by atoms with E-state index in [2.05, 4.69) is 32.1 Å². The number of amides is 1. The number of fused-ring (bicyclic) bond motifs is 2. The topological polar surface area (TPSA) is 102 Å². The van der Waals surface area contributed by atoms with E-state index in [1.807, 2.05) is 60.2 Å². The van der Waals surface area contributed by atoms with Crippen molar-refractivity contribution in [3.8, 4) is 11.5 Å². The zero-order valence-electron chi connectivity index (χ0n) is 19.0. The number of hydrogen-bond donors (Lipinski definition) is 1. The number of carbonyl (C=O) groups excluding carboxylic acids is 1. The molecule has 1 aliphatic heterocycles. The summed E-state index contributed by atoms with van der Waals surface area (Å²) in [6.07, 6.45) is 8.12. The van der Waals surface area contributed by atoms with Crippen LogP contribution >= 0.6 is 0 Å². The van der Waals surface area contributed by atoms with E-state index in [-0.39, 0.29) is 11.8 Å². The van der Waals surface area contributed by atoms with Crippen molar-refractivity contribution >= 4 is 28.6 Å². The highest BCUT2D eigenvalue weighted by atomic mass is 16.5. The van der Waals surface area contributed by atoms with Crippen LogP contribution in [0.3, 0.4) is 0 Å². The number of ether oxygens (including phenoxy) is 1. The number of carbonyl (C=O) groups is 1. The first-order valence-electron chi connectivity index (χ1n) is 11.2. The Morgan fingerprint density at radius 2 is 1.89 bits per heavy atom. The quantitative estimate of drug-likeness (QED) is 0.381. The van der Waals surface area contributed by atoms with Gasteiger partial charge in [0, 0.05) is 43.2 Å². The fourth-order valence-electron chi connectivity index (χ4n) is 4.35. The summed E-state index contributed by atoms with van der Waals surface area (Å²) in [6, 6.07) is 11.6. The van der Waals surface area contributed by atoms with Crippen LogP contribution in [0.4, 0.5) is 11.5 Å². The van der Waals surface area contributed by atoms with Crippen molar-refractivity contribution in [2.75, 3.05) is 18.4 Å². The van der Waals surface area contributed by atoms with Crippen LogP contribution in [0.2, 0.25) is 0 Å². The molecule has 4 aromatic heterocycles. The van der Waals surface area contributed by atoms with E-state index in [0.717, 1.165) is 33.7 Å². The van der Waals surface area contributed by atoms with Crippen molar-refractivity contribution in [1.29, 1.82) is 0 Å². The summed E-state index contributed by atoms with van der Waals surface area (Å²) < 4.78 is 9.58. The highest BCUT2D eigenvalue weighted by Crippen LogP contribution is 2.35. The van der Waals surface area contributed by atoms with E-state index >= 15 is 0 Å². The summed E-state index contributed by atoms with van der Waals surface area (Å²) >= 11 is 0. The van der Waals surface area contributed by atoms with Gasteiger partial charge in [-0.05, 0) is 54.5 Å². The summed E-state index contributed by atoms with van der Waals surface area (Å²) in [5.74, 6) is 2.33. The number of likely N-dealkylation sites (tertiary alicyclic amines) is 1. The first kappa shape index (κ1) is 20.8. The van der Waals surface area contributed by atoms with Gasteiger partial charge in [-0.3, -0.25) is 4.79 Å². The Hall–Kier alpha value is -4.73. The Morgan fingerprint density at radius 1 is 1.09 bits per heavy atom. The number of anilines is 2. The molecule has 1 amide bonds. The number of hydrogen-bond acceptors (Lipinski definition) is 7. The minimum Gasteiger partial charge on any atom is -0.457 e. The van der Waals surface area contributed by atoms with Crippen molar-refractivity contribution in [1.82, 2.24) is 34.1 Å². The van der Waals surface area contributed by atoms with Gasteiger partial charge in [-0.1, -0.05) is 6.58 Å². The van der Waals surface area contributed by atoms with Gasteiger partial charge in [0.05, 0.1) is 0 Å². The Kier molecular flexibility index (Phi) is 4.91. The molecule has 1 aliphatic rings. The van der Waals surface area contributed by atoms with Crippen molar-refractivity contribution in [2.45, 2.75) is 12.8 Å². The van der Waals surface area contributed by atoms with Gasteiger partial charge in [-0.25, -0.2) is 19.0 Å². The Bertz CT molecular complexity index is 1580. The fourth-order valence-corrected chi connectivity index (χ4v) is 4.35. The van der Waals surface area contributed by atoms with Crippen molar-refractivity contribution in [2.24, 2.45) is 0 Å². The maximum atomic E-state index is 11.8. The van der Waals surface area contributed by atoms with E-state index in [4.69, 9.17) is 4.74 Å². The molecule has 10 nitrogen and oxygen atoms in total. The van der Waals surface area contributed by atoms with Gasteiger partial charge in [-0.2, -0.15) is 10.2 Å². The molecule has 5 aromatic rings. The van der Waals surface area contributed by atoms with Crippen molar-refractivity contribution in [3.05, 3.63) is 85.2 Å². The van der Waals surface area contributed by atoms with Crippen LogP contribution in [0, 0.1) is 6.92 Å². The van der Waals surface area contributed by atoms with E-state index in [1.54, 1.807) is 9.42 Å². The molecule has 174 valence electrons. The highest BCUT2D eigenvalue weighted by Gasteiger charge is 2.32. The van der Waals surface area contributed by atoms with Crippen LogP contribution in [0.1, 0.15) is 17.0 Å². The van der Waals surface area contributed by atoms with Gasteiger partial charge in [0.15, 0.2) is 11.5 Å². The second kappa shape index (κ2) is 8.24. The molecule has 1 N–H and O–H groups in total. The molecule has 1 saturated heterocycles. The second-order valence-electron chi connectivity index (χ2n) is 8.45. The number of nitrogens with one attached hydrogen (secondary N) is 1. The van der Waals surface area contributed by atoms with E-state index in [0.29, 0.717) is 24.7 Å². The summed E-state index contributed by atoms with van der Waals surface area (Å²) in [6.45, 7) is 6.88. The van der Waals surface area contributed by atoms with Gasteiger partial charge in [0.2, 0.25) is 5.91 Å². The summed E-state index contributed by atoms with van der Waals surface area (Å²) in [5.41, 5.74) is 4.59. The van der Waals surface area contributed by atoms with Gasteiger partial charge >= 0.3 is 0 Å². The molecule has 0 unspecified atom stereocenters. The zero-order valence-corrected chi connectivity index (χ0v) is 19.0. The second-order valence-corrected chi connectivity index (χ2v) is 8.45. The maximum Gasteiger partial charge on any atom is 0.245 e. The molecule has 0 atom stereocenters. The van der Waals surface area contributed by atoms with Crippen LogP contribution in [0.15, 0.2) is 74.1 Å². The van der Waals surface area contributed by atoms with E-state index in [1.165, 1.54) is 18.7 Å². The molecule has 0 saturated carbocycles. The van der Waals surface area contributed by atoms with Gasteiger partial charge in [0.1, 0.15) is 29.7 Å². The average Bonchev–Trinajstić information content (AvgIpc) is 3.47. The SMILES string of the molecule is C=CC(=O)N1CC(c2ccn3ncnc(Nc4ccc(Oc5ccn6ncnc6c5)c(C)c4)c23)C1. The Morgan fingerprint density at radius 3 is 2.71 bits per heavy atom. The number of nitrogens with zero attached hydrogens (tertiary/aromatic N) is 7. The van der Waals surface area contributed by atoms with Crippen LogP contribution < -0.4 is 10.1 Å². The molecule has 0 radical (unpaired) electrons. The smallest absolute Gasteiger partial charge is 0.245 e. The monoisotopic (exact) mass is 466 g/mol. The third-order valence-corrected chi connectivity index (χ3v) is 6.21. The summed E-state index contributed by atoms with van der Waals surface area (Å²) in [4.78, 5) is 22.3. The highest BCUT2D eigenvalue weighted by molar-refractivity contribution is 5.88. The molecular formula is C25H22N8O2. The summed E-state index contributed by atoms with van der Waals surface area (Å²) in [7, 11) is 0. The first-order valence-corrected chi connectivity index (χ1v) is 11.2. The van der Waals surface area contributed by atoms with Crippen molar-refractivity contribution < 1.29 is 9.53 Å². The molecule has 0 aliphatic carbocycles. The van der Waals surface area contributed by atoms with Crippen LogP contribution in [0.25, 0.3) is 11.2 Å². The molecule has 0 spiro atoms. The number of aromatic nitrogens is 6. The fraction of sp³-hybridized carbons (Fsp3) is 0.160. The van der Waals surface area contributed by atoms with Gasteiger partial charge in [-0.15, -0.1) is 0 Å². The Balaban J connectivity index is 1.24. The molecule has 10 heteroatoms. The van der Waals surface area contributed by atoms with E-state index in [9.17, 15) is 4.79 Å². The summed E-state index contributed by atoms with van der Waals surface area (Å²) in [5, 5.41) is 11.9. The lowest BCUT2D eigenvalue weighted by Gasteiger charge is -2.38. The molecule has 1 fully saturated rings. The minimum absolute atomic E-state index is 0.0430. The largest absolute Gasteiger partial charge is 0.457 e. The van der Waals surface area contributed by atoms with Crippen LogP contribution in [-0.2, 0) is 4.79 Å². The zero-order chi connectivity index (χ0) is 23.9. The lowest BCUT2D eigenvalue weighted by Crippen LogP contribution is -2.47. The molecular weight excluding hydrogens is 444 g/mol. The average molecular weight is 467 g/mol. The predicted molar refractivity (Wildman–Crippen MR) is 130 cm³/mol. The third kappa shape index (κ3) is 3.74. The first-order chi connectivity index (χ1) is 17.1. The van der Waals surface area contributed by atoms with Crippen LogP contribution in [0.5, 0.6) is 11.5 Å². The van der Waals surface area contributed by atoms with Gasteiger partial charge < -0.3 is 15.0 Å². The van der Waals surface area contributed by atoms with Crippen molar-refractivity contribution in [3.63, 3.8) is 0 Å². The molecule has 0 bridgehead atoms. The number of benzene rings is 1. The normalized spacial score (nSPS) is 13.7. The molecule has 1 aromatic carbocycles.